The molecule has 0 saturated heterocycles. The van der Waals surface area contributed by atoms with E-state index in [1.165, 1.54) is 0 Å². The van der Waals surface area contributed by atoms with Gasteiger partial charge in [-0.3, -0.25) is 0 Å². The highest BCUT2D eigenvalue weighted by Gasteiger charge is 2.39. The van der Waals surface area contributed by atoms with Gasteiger partial charge in [-0.25, -0.2) is 13.1 Å². The van der Waals surface area contributed by atoms with Crippen molar-refractivity contribution in [2.75, 3.05) is 0 Å². The number of sulfonamides is 1. The van der Waals surface area contributed by atoms with Crippen LogP contribution in [0.15, 0.2) is 29.2 Å². The molecule has 82 valence electrons. The average Bonchev–Trinajstić information content (AvgIpc) is 2.39. The Morgan fingerprint density at radius 3 is 2.40 bits per heavy atom. The van der Waals surface area contributed by atoms with Gasteiger partial charge in [0.25, 0.3) is 0 Å². The van der Waals surface area contributed by atoms with Crippen LogP contribution >= 0.6 is 0 Å². The van der Waals surface area contributed by atoms with Crippen molar-refractivity contribution in [1.29, 1.82) is 0 Å². The number of benzene rings is 1. The molecule has 0 aromatic heterocycles. The van der Waals surface area contributed by atoms with Gasteiger partial charge in [0, 0.05) is 0 Å². The van der Waals surface area contributed by atoms with Crippen LogP contribution < -0.4 is 4.72 Å². The monoisotopic (exact) mass is 225 g/mol. The molecule has 1 atom stereocenters. The van der Waals surface area contributed by atoms with Crippen LogP contribution in [-0.4, -0.2) is 8.42 Å². The lowest BCUT2D eigenvalue weighted by atomic mass is 9.83. The summed E-state index contributed by atoms with van der Waals surface area (Å²) in [5.74, 6) is 0. The molecule has 1 aromatic rings. The summed E-state index contributed by atoms with van der Waals surface area (Å²) in [4.78, 5) is 0.421. The Bertz CT molecular complexity index is 486. The van der Waals surface area contributed by atoms with Crippen molar-refractivity contribution in [2.24, 2.45) is 5.41 Å². The summed E-state index contributed by atoms with van der Waals surface area (Å²) in [6, 6.07) is 7.04. The molecule has 4 heteroatoms. The first-order chi connectivity index (χ1) is 6.82. The van der Waals surface area contributed by atoms with E-state index in [0.717, 1.165) is 5.56 Å². The molecular weight excluding hydrogens is 210 g/mol. The van der Waals surface area contributed by atoms with Crippen LogP contribution in [0, 0.1) is 5.41 Å². The van der Waals surface area contributed by atoms with Crippen molar-refractivity contribution in [3.63, 3.8) is 0 Å². The highest BCUT2D eigenvalue weighted by molar-refractivity contribution is 7.89. The molecule has 0 amide bonds. The second-order valence-electron chi connectivity index (χ2n) is 4.96. The fraction of sp³-hybridized carbons (Fsp3) is 0.455. The molecular formula is C11H15NO2S. The summed E-state index contributed by atoms with van der Waals surface area (Å²) in [5, 5.41) is 0. The SMILES string of the molecule is CC(C)(C)[C@H]1NS(=O)(=O)c2ccccc21. The van der Waals surface area contributed by atoms with Gasteiger partial charge in [-0.1, -0.05) is 39.0 Å². The molecule has 0 spiro atoms. The standard InChI is InChI=1S/C11H15NO2S/c1-11(2,3)10-8-6-4-5-7-9(8)15(13,14)12-10/h4-7,10,12H,1-3H3/t10-/m0/s1. The van der Waals surface area contributed by atoms with Gasteiger partial charge >= 0.3 is 0 Å². The van der Waals surface area contributed by atoms with Crippen LogP contribution in [0.2, 0.25) is 0 Å². The third-order valence-electron chi connectivity index (χ3n) is 2.66. The predicted octanol–water partition coefficient (Wildman–Crippen LogP) is 2.07. The first-order valence-electron chi connectivity index (χ1n) is 4.93. The fourth-order valence-electron chi connectivity index (χ4n) is 1.89. The van der Waals surface area contributed by atoms with Gasteiger partial charge < -0.3 is 0 Å². The predicted molar refractivity (Wildman–Crippen MR) is 59.0 cm³/mol. The molecule has 0 fully saturated rings. The molecule has 2 rings (SSSR count). The van der Waals surface area contributed by atoms with E-state index in [9.17, 15) is 8.42 Å². The minimum absolute atomic E-state index is 0.111. The van der Waals surface area contributed by atoms with E-state index in [1.54, 1.807) is 12.1 Å². The van der Waals surface area contributed by atoms with Gasteiger partial charge in [-0.15, -0.1) is 0 Å². The molecule has 1 aliphatic rings. The maximum absolute atomic E-state index is 11.8. The quantitative estimate of drug-likeness (QED) is 0.734. The normalized spacial score (nSPS) is 23.8. The first kappa shape index (κ1) is 10.6. The Morgan fingerprint density at radius 1 is 1.20 bits per heavy atom. The Hall–Kier alpha value is -0.870. The van der Waals surface area contributed by atoms with Crippen LogP contribution in [-0.2, 0) is 10.0 Å². The molecule has 1 heterocycles. The van der Waals surface area contributed by atoms with Gasteiger partial charge in [0.05, 0.1) is 10.9 Å². The number of nitrogens with one attached hydrogen (secondary N) is 1. The van der Waals surface area contributed by atoms with Crippen LogP contribution in [0.1, 0.15) is 32.4 Å². The third-order valence-corrected chi connectivity index (χ3v) is 4.16. The molecule has 1 aromatic carbocycles. The van der Waals surface area contributed by atoms with Crippen LogP contribution in [0.25, 0.3) is 0 Å². The Labute approximate surface area is 90.6 Å². The first-order valence-corrected chi connectivity index (χ1v) is 6.42. The molecule has 0 saturated carbocycles. The van der Waals surface area contributed by atoms with E-state index < -0.39 is 10.0 Å². The molecule has 0 aliphatic carbocycles. The van der Waals surface area contributed by atoms with Crippen molar-refractivity contribution in [3.8, 4) is 0 Å². The van der Waals surface area contributed by atoms with E-state index >= 15 is 0 Å². The zero-order chi connectivity index (χ0) is 11.3. The second kappa shape index (κ2) is 3.06. The van der Waals surface area contributed by atoms with Crippen molar-refractivity contribution in [2.45, 2.75) is 31.7 Å². The summed E-state index contributed by atoms with van der Waals surface area (Å²) in [6.45, 7) is 6.09. The molecule has 0 bridgehead atoms. The summed E-state index contributed by atoms with van der Waals surface area (Å²) in [6.07, 6.45) is 0. The van der Waals surface area contributed by atoms with Crippen molar-refractivity contribution >= 4 is 10.0 Å². The van der Waals surface area contributed by atoms with Gasteiger partial charge in [0.15, 0.2) is 0 Å². The number of rotatable bonds is 0. The number of hydrogen-bond acceptors (Lipinski definition) is 2. The average molecular weight is 225 g/mol. The van der Waals surface area contributed by atoms with Crippen molar-refractivity contribution in [1.82, 2.24) is 4.72 Å². The van der Waals surface area contributed by atoms with E-state index in [1.807, 2.05) is 32.9 Å². The number of fused-ring (bicyclic) bond motifs is 1. The zero-order valence-corrected chi connectivity index (χ0v) is 9.93. The lowest BCUT2D eigenvalue weighted by Crippen LogP contribution is -2.29. The van der Waals surface area contributed by atoms with E-state index in [-0.39, 0.29) is 11.5 Å². The second-order valence-corrected chi connectivity index (χ2v) is 6.64. The maximum atomic E-state index is 11.8. The summed E-state index contributed by atoms with van der Waals surface area (Å²) < 4.78 is 26.3. The van der Waals surface area contributed by atoms with Gasteiger partial charge in [0.1, 0.15) is 0 Å². The summed E-state index contributed by atoms with van der Waals surface area (Å²) >= 11 is 0. The third kappa shape index (κ3) is 1.68. The van der Waals surface area contributed by atoms with Gasteiger partial charge in [-0.2, -0.15) is 0 Å². The summed E-state index contributed by atoms with van der Waals surface area (Å²) in [5.41, 5.74) is 0.768. The molecule has 3 nitrogen and oxygen atoms in total. The molecule has 0 radical (unpaired) electrons. The minimum Gasteiger partial charge on any atom is -0.207 e. The smallest absolute Gasteiger partial charge is 0.207 e. The lowest BCUT2D eigenvalue weighted by molar-refractivity contribution is 0.310. The van der Waals surface area contributed by atoms with Gasteiger partial charge in [0.2, 0.25) is 10.0 Å². The fourth-order valence-corrected chi connectivity index (χ4v) is 3.56. The van der Waals surface area contributed by atoms with Crippen molar-refractivity contribution < 1.29 is 8.42 Å². The van der Waals surface area contributed by atoms with E-state index in [2.05, 4.69) is 4.72 Å². The lowest BCUT2D eigenvalue weighted by Gasteiger charge is -2.26. The Morgan fingerprint density at radius 2 is 1.80 bits per heavy atom. The van der Waals surface area contributed by atoms with E-state index in [0.29, 0.717) is 4.90 Å². The highest BCUT2D eigenvalue weighted by atomic mass is 32.2. The van der Waals surface area contributed by atoms with Crippen LogP contribution in [0.5, 0.6) is 0 Å². The van der Waals surface area contributed by atoms with Crippen LogP contribution in [0.3, 0.4) is 0 Å². The zero-order valence-electron chi connectivity index (χ0n) is 9.11. The van der Waals surface area contributed by atoms with Gasteiger partial charge in [-0.05, 0) is 17.0 Å². The Balaban J connectivity index is 2.62. The molecule has 0 unspecified atom stereocenters. The molecule has 1 N–H and O–H groups in total. The van der Waals surface area contributed by atoms with Crippen molar-refractivity contribution in [3.05, 3.63) is 29.8 Å². The van der Waals surface area contributed by atoms with E-state index in [4.69, 9.17) is 0 Å². The largest absolute Gasteiger partial charge is 0.241 e. The Kier molecular flexibility index (Phi) is 2.17. The minimum atomic E-state index is -3.29. The van der Waals surface area contributed by atoms with Crippen LogP contribution in [0.4, 0.5) is 0 Å². The highest BCUT2D eigenvalue weighted by Crippen LogP contribution is 2.41. The topological polar surface area (TPSA) is 46.2 Å². The maximum Gasteiger partial charge on any atom is 0.241 e. The summed E-state index contributed by atoms with van der Waals surface area (Å²) in [7, 11) is -3.29. The number of hydrogen-bond donors (Lipinski definition) is 1. The molecule has 1 aliphatic heterocycles. The molecule has 15 heavy (non-hydrogen) atoms.